The van der Waals surface area contributed by atoms with E-state index in [0.29, 0.717) is 18.0 Å². The van der Waals surface area contributed by atoms with E-state index >= 15 is 0 Å². The van der Waals surface area contributed by atoms with Crippen LogP contribution in [-0.4, -0.2) is 24.1 Å². The number of hydrogen-bond acceptors (Lipinski definition) is 6. The van der Waals surface area contributed by atoms with Gasteiger partial charge in [0.1, 0.15) is 0 Å². The fourth-order valence-corrected chi connectivity index (χ4v) is 1.86. The second kappa shape index (κ2) is 6.56. The first-order chi connectivity index (χ1) is 10.2. The summed E-state index contributed by atoms with van der Waals surface area (Å²) in [7, 11) is 3.12. The lowest BCUT2D eigenvalue weighted by atomic mass is 10.2. The van der Waals surface area contributed by atoms with Gasteiger partial charge in [-0.05, 0) is 23.8 Å². The van der Waals surface area contributed by atoms with Crippen molar-refractivity contribution in [3.8, 4) is 11.5 Å². The molecule has 0 bridgehead atoms. The standard InChI is InChI=1S/C14H15N3O4/c1-20-12-6-5-10(8-13(12)21-2)9-16-14-11(17(18)19)4-3-7-15-14/h3-8H,9H2,1-2H3,(H,15,16). The van der Waals surface area contributed by atoms with Crippen molar-refractivity contribution in [2.75, 3.05) is 19.5 Å². The summed E-state index contributed by atoms with van der Waals surface area (Å²) in [6, 6.07) is 8.37. The van der Waals surface area contributed by atoms with E-state index in [2.05, 4.69) is 10.3 Å². The number of pyridine rings is 1. The van der Waals surface area contributed by atoms with Gasteiger partial charge in [-0.25, -0.2) is 4.98 Å². The summed E-state index contributed by atoms with van der Waals surface area (Å²) in [6.45, 7) is 0.387. The summed E-state index contributed by atoms with van der Waals surface area (Å²) >= 11 is 0. The van der Waals surface area contributed by atoms with Gasteiger partial charge >= 0.3 is 5.69 Å². The van der Waals surface area contributed by atoms with E-state index in [-0.39, 0.29) is 11.5 Å². The Bertz CT molecular complexity index is 646. The van der Waals surface area contributed by atoms with Crippen LogP contribution in [0.25, 0.3) is 0 Å². The Morgan fingerprint density at radius 1 is 1.24 bits per heavy atom. The van der Waals surface area contributed by atoms with Crippen LogP contribution in [0.5, 0.6) is 11.5 Å². The van der Waals surface area contributed by atoms with Crippen molar-refractivity contribution in [2.24, 2.45) is 0 Å². The van der Waals surface area contributed by atoms with Crippen LogP contribution in [0.3, 0.4) is 0 Å². The van der Waals surface area contributed by atoms with E-state index in [9.17, 15) is 10.1 Å². The van der Waals surface area contributed by atoms with Crippen molar-refractivity contribution >= 4 is 11.5 Å². The van der Waals surface area contributed by atoms with Crippen molar-refractivity contribution in [3.63, 3.8) is 0 Å². The first-order valence-corrected chi connectivity index (χ1v) is 6.20. The average molecular weight is 289 g/mol. The zero-order valence-corrected chi connectivity index (χ0v) is 11.7. The van der Waals surface area contributed by atoms with Crippen LogP contribution >= 0.6 is 0 Å². The number of ether oxygens (including phenoxy) is 2. The molecule has 1 aromatic heterocycles. The summed E-state index contributed by atoms with van der Waals surface area (Å²) in [5.74, 6) is 1.47. The highest BCUT2D eigenvalue weighted by Crippen LogP contribution is 2.28. The molecule has 0 unspecified atom stereocenters. The van der Waals surface area contributed by atoms with E-state index in [1.807, 2.05) is 6.07 Å². The number of hydrogen-bond donors (Lipinski definition) is 1. The van der Waals surface area contributed by atoms with Crippen LogP contribution in [0.15, 0.2) is 36.5 Å². The van der Waals surface area contributed by atoms with Gasteiger partial charge in [0.25, 0.3) is 0 Å². The zero-order chi connectivity index (χ0) is 15.2. The van der Waals surface area contributed by atoms with Gasteiger partial charge in [0, 0.05) is 18.8 Å². The Kier molecular flexibility index (Phi) is 4.55. The normalized spacial score (nSPS) is 10.0. The molecule has 110 valence electrons. The molecule has 1 aromatic carbocycles. The molecule has 2 aromatic rings. The Balaban J connectivity index is 2.15. The third-order valence-electron chi connectivity index (χ3n) is 2.89. The lowest BCUT2D eigenvalue weighted by Gasteiger charge is -2.10. The molecule has 0 fully saturated rings. The molecule has 7 nitrogen and oxygen atoms in total. The lowest BCUT2D eigenvalue weighted by molar-refractivity contribution is -0.384. The van der Waals surface area contributed by atoms with E-state index in [4.69, 9.17) is 9.47 Å². The Morgan fingerprint density at radius 2 is 2.00 bits per heavy atom. The van der Waals surface area contributed by atoms with Crippen molar-refractivity contribution in [3.05, 3.63) is 52.2 Å². The van der Waals surface area contributed by atoms with Crippen LogP contribution in [-0.2, 0) is 6.54 Å². The summed E-state index contributed by atoms with van der Waals surface area (Å²) in [5.41, 5.74) is 0.838. The lowest BCUT2D eigenvalue weighted by Crippen LogP contribution is -2.04. The summed E-state index contributed by atoms with van der Waals surface area (Å²) in [6.07, 6.45) is 1.50. The summed E-state index contributed by atoms with van der Waals surface area (Å²) in [4.78, 5) is 14.4. The number of methoxy groups -OCH3 is 2. The molecular formula is C14H15N3O4. The van der Waals surface area contributed by atoms with Gasteiger partial charge in [-0.2, -0.15) is 0 Å². The average Bonchev–Trinajstić information content (AvgIpc) is 2.52. The summed E-state index contributed by atoms with van der Waals surface area (Å²) in [5, 5.41) is 13.9. The first-order valence-electron chi connectivity index (χ1n) is 6.20. The van der Waals surface area contributed by atoms with Crippen molar-refractivity contribution in [1.29, 1.82) is 0 Å². The molecule has 0 amide bonds. The molecule has 0 spiro atoms. The van der Waals surface area contributed by atoms with E-state index in [1.165, 1.54) is 18.3 Å². The molecule has 0 aliphatic carbocycles. The molecule has 0 aliphatic rings. The molecule has 1 N–H and O–H groups in total. The van der Waals surface area contributed by atoms with E-state index < -0.39 is 4.92 Å². The molecule has 1 heterocycles. The maximum absolute atomic E-state index is 10.9. The van der Waals surface area contributed by atoms with Gasteiger partial charge in [0.2, 0.25) is 5.82 Å². The minimum absolute atomic E-state index is 0.0574. The van der Waals surface area contributed by atoms with Gasteiger partial charge in [0.15, 0.2) is 11.5 Å². The summed E-state index contributed by atoms with van der Waals surface area (Å²) < 4.78 is 10.4. The maximum Gasteiger partial charge on any atom is 0.311 e. The predicted molar refractivity (Wildman–Crippen MR) is 77.8 cm³/mol. The maximum atomic E-state index is 10.9. The number of aromatic nitrogens is 1. The molecule has 0 saturated carbocycles. The van der Waals surface area contributed by atoms with Gasteiger partial charge in [-0.15, -0.1) is 0 Å². The third-order valence-corrected chi connectivity index (χ3v) is 2.89. The highest BCUT2D eigenvalue weighted by atomic mass is 16.6. The number of nitrogens with one attached hydrogen (secondary N) is 1. The fraction of sp³-hybridized carbons (Fsp3) is 0.214. The minimum atomic E-state index is -0.468. The highest BCUT2D eigenvalue weighted by Gasteiger charge is 2.13. The second-order valence-corrected chi connectivity index (χ2v) is 4.17. The molecule has 0 radical (unpaired) electrons. The van der Waals surface area contributed by atoms with Gasteiger partial charge in [0.05, 0.1) is 19.1 Å². The highest BCUT2D eigenvalue weighted by molar-refractivity contribution is 5.55. The van der Waals surface area contributed by atoms with Crippen LogP contribution in [0.1, 0.15) is 5.56 Å². The fourth-order valence-electron chi connectivity index (χ4n) is 1.86. The smallest absolute Gasteiger partial charge is 0.311 e. The number of rotatable bonds is 6. The molecule has 2 rings (SSSR count). The Hall–Kier alpha value is -2.83. The number of nitro groups is 1. The SMILES string of the molecule is COc1ccc(CNc2ncccc2[N+](=O)[O-])cc1OC. The topological polar surface area (TPSA) is 86.5 Å². The van der Waals surface area contributed by atoms with Gasteiger partial charge < -0.3 is 14.8 Å². The predicted octanol–water partition coefficient (Wildman–Crippen LogP) is 2.62. The van der Waals surface area contributed by atoms with Gasteiger partial charge in [-0.1, -0.05) is 6.07 Å². The van der Waals surface area contributed by atoms with Crippen LogP contribution < -0.4 is 14.8 Å². The van der Waals surface area contributed by atoms with E-state index in [1.54, 1.807) is 26.4 Å². The van der Waals surface area contributed by atoms with Crippen molar-refractivity contribution in [2.45, 2.75) is 6.54 Å². The van der Waals surface area contributed by atoms with Crippen molar-refractivity contribution in [1.82, 2.24) is 4.98 Å². The largest absolute Gasteiger partial charge is 0.493 e. The monoisotopic (exact) mass is 289 g/mol. The molecule has 0 aliphatic heterocycles. The third kappa shape index (κ3) is 3.38. The van der Waals surface area contributed by atoms with Crippen LogP contribution in [0.2, 0.25) is 0 Å². The zero-order valence-electron chi connectivity index (χ0n) is 11.7. The Morgan fingerprint density at radius 3 is 2.67 bits per heavy atom. The molecule has 21 heavy (non-hydrogen) atoms. The molecular weight excluding hydrogens is 274 g/mol. The number of benzene rings is 1. The second-order valence-electron chi connectivity index (χ2n) is 4.17. The quantitative estimate of drug-likeness (QED) is 0.649. The molecule has 0 saturated heterocycles. The minimum Gasteiger partial charge on any atom is -0.493 e. The first kappa shape index (κ1) is 14.6. The van der Waals surface area contributed by atoms with Crippen LogP contribution in [0.4, 0.5) is 11.5 Å². The number of nitrogens with zero attached hydrogens (tertiary/aromatic N) is 2. The molecule has 7 heteroatoms. The van der Waals surface area contributed by atoms with Crippen molar-refractivity contribution < 1.29 is 14.4 Å². The Labute approximate surface area is 121 Å². The van der Waals surface area contributed by atoms with Crippen LogP contribution in [0, 0.1) is 10.1 Å². The number of anilines is 1. The molecule has 0 atom stereocenters. The van der Waals surface area contributed by atoms with Gasteiger partial charge in [-0.3, -0.25) is 10.1 Å². The van der Waals surface area contributed by atoms with E-state index in [0.717, 1.165) is 5.56 Å².